The third kappa shape index (κ3) is 3.58. The van der Waals surface area contributed by atoms with Crippen LogP contribution in [0.4, 0.5) is 35.2 Å². The van der Waals surface area contributed by atoms with Crippen LogP contribution in [0.25, 0.3) is 11.1 Å². The van der Waals surface area contributed by atoms with E-state index in [0.717, 1.165) is 4.31 Å². The number of nitrogens with zero attached hydrogens (tertiary/aromatic N) is 3. The molecule has 0 atom stereocenters. The summed E-state index contributed by atoms with van der Waals surface area (Å²) in [6.07, 6.45) is -3.32. The topological polar surface area (TPSA) is 118 Å². The van der Waals surface area contributed by atoms with Gasteiger partial charge in [0.1, 0.15) is 17.0 Å². The summed E-state index contributed by atoms with van der Waals surface area (Å²) >= 11 is 0. The number of fused-ring (bicyclic) bond motifs is 1. The number of sulfonamides is 1. The fraction of sp³-hybridized carbons (Fsp3) is 0.429. The maximum Gasteiger partial charge on any atom is 0.421 e. The number of carbonyl (C=O) groups is 1. The number of ether oxygens (including phenoxy) is 1. The number of hydrogen-bond acceptors (Lipinski definition) is 7. The molecule has 0 bridgehead atoms. The Morgan fingerprint density at radius 2 is 1.94 bits per heavy atom. The lowest BCUT2D eigenvalue weighted by molar-refractivity contribution is -0.136. The highest BCUT2D eigenvalue weighted by molar-refractivity contribution is 7.92. The molecule has 34 heavy (non-hydrogen) atoms. The number of halogens is 3. The monoisotopic (exact) mass is 497 g/mol. The van der Waals surface area contributed by atoms with Crippen LogP contribution in [0.1, 0.15) is 24.0 Å². The summed E-state index contributed by atoms with van der Waals surface area (Å²) in [6.45, 7) is 0.719. The summed E-state index contributed by atoms with van der Waals surface area (Å²) in [7, 11) is -2.07. The molecule has 0 radical (unpaired) electrons. The van der Waals surface area contributed by atoms with Gasteiger partial charge in [-0.25, -0.2) is 18.2 Å². The largest absolute Gasteiger partial charge is 0.441 e. The normalized spacial score (nSPS) is 20.9. The van der Waals surface area contributed by atoms with Crippen molar-refractivity contribution < 1.29 is 31.1 Å². The van der Waals surface area contributed by atoms with Gasteiger partial charge in [0, 0.05) is 44.7 Å². The highest BCUT2D eigenvalue weighted by Gasteiger charge is 2.46. The van der Waals surface area contributed by atoms with Gasteiger partial charge in [0.05, 0.1) is 23.7 Å². The molecule has 4 heterocycles. The van der Waals surface area contributed by atoms with Crippen molar-refractivity contribution in [2.45, 2.75) is 30.4 Å². The molecule has 3 N–H and O–H groups in total. The van der Waals surface area contributed by atoms with Gasteiger partial charge in [-0.15, -0.1) is 0 Å². The third-order valence-electron chi connectivity index (χ3n) is 6.70. The molecule has 5 rings (SSSR count). The van der Waals surface area contributed by atoms with Gasteiger partial charge in [0.15, 0.2) is 0 Å². The van der Waals surface area contributed by atoms with E-state index in [9.17, 15) is 26.4 Å². The van der Waals surface area contributed by atoms with Crippen molar-refractivity contribution in [3.05, 3.63) is 35.5 Å². The number of nitrogens with one attached hydrogen (secondary N) is 1. The summed E-state index contributed by atoms with van der Waals surface area (Å²) in [6, 6.07) is 4.75. The van der Waals surface area contributed by atoms with E-state index in [0.29, 0.717) is 36.2 Å². The van der Waals surface area contributed by atoms with Crippen LogP contribution >= 0.6 is 0 Å². The molecule has 3 aliphatic heterocycles. The molecular weight excluding hydrogens is 475 g/mol. The van der Waals surface area contributed by atoms with E-state index in [-0.39, 0.29) is 30.1 Å². The third-order valence-corrected chi connectivity index (χ3v) is 8.41. The van der Waals surface area contributed by atoms with E-state index in [2.05, 4.69) is 10.3 Å². The molecule has 0 aliphatic carbocycles. The van der Waals surface area contributed by atoms with Crippen LogP contribution < -0.4 is 20.3 Å². The van der Waals surface area contributed by atoms with E-state index in [4.69, 9.17) is 10.5 Å². The van der Waals surface area contributed by atoms with Crippen molar-refractivity contribution in [1.82, 2.24) is 10.3 Å². The molecule has 1 aromatic carbocycles. The number of hydrogen-bond donors (Lipinski definition) is 2. The number of anilines is 3. The number of amides is 1. The minimum Gasteiger partial charge on any atom is -0.441 e. The molecular formula is C21H22F3N5O4S. The van der Waals surface area contributed by atoms with Gasteiger partial charge < -0.3 is 20.7 Å². The van der Waals surface area contributed by atoms with Crippen molar-refractivity contribution in [1.29, 1.82) is 0 Å². The quantitative estimate of drug-likeness (QED) is 0.655. The van der Waals surface area contributed by atoms with Crippen molar-refractivity contribution >= 4 is 33.3 Å². The number of piperidine rings is 1. The molecule has 0 unspecified atom stereocenters. The van der Waals surface area contributed by atoms with Crippen LogP contribution in [-0.4, -0.2) is 51.8 Å². The molecule has 13 heteroatoms. The molecule has 2 fully saturated rings. The number of pyridine rings is 1. The predicted molar refractivity (Wildman–Crippen MR) is 119 cm³/mol. The Kier molecular flexibility index (Phi) is 4.90. The fourth-order valence-electron chi connectivity index (χ4n) is 4.87. The first-order chi connectivity index (χ1) is 15.9. The molecule has 9 nitrogen and oxygen atoms in total. The van der Waals surface area contributed by atoms with E-state index in [1.165, 1.54) is 13.2 Å². The first-order valence-corrected chi connectivity index (χ1v) is 12.2. The number of alkyl halides is 3. The maximum atomic E-state index is 14.2. The zero-order chi connectivity index (χ0) is 24.5. The van der Waals surface area contributed by atoms with Gasteiger partial charge in [-0.2, -0.15) is 13.2 Å². The first kappa shape index (κ1) is 22.6. The van der Waals surface area contributed by atoms with Crippen molar-refractivity contribution in [2.75, 3.05) is 41.6 Å². The van der Waals surface area contributed by atoms with Gasteiger partial charge >= 0.3 is 12.3 Å². The summed E-state index contributed by atoms with van der Waals surface area (Å²) in [5.41, 5.74) is 5.43. The van der Waals surface area contributed by atoms with Gasteiger partial charge in [0.25, 0.3) is 0 Å². The molecule has 1 spiro atoms. The first-order valence-electron chi connectivity index (χ1n) is 10.6. The smallest absolute Gasteiger partial charge is 0.421 e. The molecule has 1 amide bonds. The average Bonchev–Trinajstić information content (AvgIpc) is 3.23. The highest BCUT2D eigenvalue weighted by Crippen LogP contribution is 2.47. The summed E-state index contributed by atoms with van der Waals surface area (Å²) in [4.78, 5) is 16.9. The van der Waals surface area contributed by atoms with Gasteiger partial charge in [-0.05, 0) is 23.3 Å². The van der Waals surface area contributed by atoms with E-state index in [1.54, 1.807) is 23.1 Å². The minimum absolute atomic E-state index is 0.110. The molecule has 1 aromatic heterocycles. The highest BCUT2D eigenvalue weighted by atomic mass is 32.2. The number of aromatic nitrogens is 1. The second kappa shape index (κ2) is 7.39. The molecule has 2 aromatic rings. The number of nitrogens with two attached hydrogens (primary N) is 1. The lowest BCUT2D eigenvalue weighted by Crippen LogP contribution is -2.47. The second-order valence-corrected chi connectivity index (χ2v) is 10.8. The summed E-state index contributed by atoms with van der Waals surface area (Å²) in [5, 5.41) is 2.61. The van der Waals surface area contributed by atoms with Gasteiger partial charge in [-0.1, -0.05) is 6.07 Å². The predicted octanol–water partition coefficient (Wildman–Crippen LogP) is 2.71. The van der Waals surface area contributed by atoms with Crippen LogP contribution in [0.3, 0.4) is 0 Å². The van der Waals surface area contributed by atoms with Crippen LogP contribution in [-0.2, 0) is 26.7 Å². The average molecular weight is 497 g/mol. The Morgan fingerprint density at radius 1 is 1.24 bits per heavy atom. The SMILES string of the molecule is CN1c2ccc(-c3cnc(N)c(C(F)(F)F)c3N3CCC4(CC3)CNC(=O)O4)cc2CS1(=O)=O. The van der Waals surface area contributed by atoms with E-state index >= 15 is 0 Å². The lowest BCUT2D eigenvalue weighted by atomic mass is 9.90. The molecule has 182 valence electrons. The van der Waals surface area contributed by atoms with Crippen molar-refractivity contribution in [3.63, 3.8) is 0 Å². The van der Waals surface area contributed by atoms with Crippen molar-refractivity contribution in [2.24, 2.45) is 0 Å². The Bertz CT molecular complexity index is 1290. The second-order valence-electron chi connectivity index (χ2n) is 8.76. The Labute approximate surface area is 193 Å². The Balaban J connectivity index is 1.59. The Hall–Kier alpha value is -3.22. The number of alkyl carbamates (subject to hydrolysis) is 1. The number of rotatable bonds is 2. The summed E-state index contributed by atoms with van der Waals surface area (Å²) in [5.74, 6) is -0.870. The molecule has 2 saturated heterocycles. The number of nitrogen functional groups attached to an aromatic ring is 1. The van der Waals surface area contributed by atoms with Gasteiger partial charge in [-0.3, -0.25) is 4.31 Å². The molecule has 0 saturated carbocycles. The van der Waals surface area contributed by atoms with E-state index < -0.39 is 39.3 Å². The summed E-state index contributed by atoms with van der Waals surface area (Å²) < 4.78 is 73.6. The molecule has 3 aliphatic rings. The Morgan fingerprint density at radius 3 is 2.56 bits per heavy atom. The van der Waals surface area contributed by atoms with E-state index in [1.807, 2.05) is 0 Å². The van der Waals surface area contributed by atoms with Crippen molar-refractivity contribution in [3.8, 4) is 11.1 Å². The zero-order valence-corrected chi connectivity index (χ0v) is 19.0. The fourth-order valence-corrected chi connectivity index (χ4v) is 6.17. The standard InChI is InChI=1S/C21H22F3N5O4S/c1-28-15-3-2-12(8-13(15)10-34(28,31)32)14-9-26-18(25)16(21(22,23)24)17(14)29-6-4-20(5-7-29)11-27-19(30)33-20/h2-3,8-9H,4-7,10-11H2,1H3,(H2,25,26)(H,27,30). The van der Waals surface area contributed by atoms with Crippen LogP contribution in [0.15, 0.2) is 24.4 Å². The van der Waals surface area contributed by atoms with Crippen LogP contribution in [0.2, 0.25) is 0 Å². The number of benzene rings is 1. The van der Waals surface area contributed by atoms with Gasteiger partial charge in [0.2, 0.25) is 10.0 Å². The van der Waals surface area contributed by atoms with Crippen LogP contribution in [0.5, 0.6) is 0 Å². The van der Waals surface area contributed by atoms with Crippen LogP contribution in [0, 0.1) is 0 Å². The zero-order valence-electron chi connectivity index (χ0n) is 18.1. The minimum atomic E-state index is -4.76. The number of carbonyl (C=O) groups excluding carboxylic acids is 1. The lowest BCUT2D eigenvalue weighted by Gasteiger charge is -2.40. The maximum absolute atomic E-state index is 14.2.